The Morgan fingerprint density at radius 3 is 1.48 bits per heavy atom. The molecule has 0 saturated carbocycles. The lowest BCUT2D eigenvalue weighted by Crippen LogP contribution is -2.26. The maximum absolute atomic E-state index is 10.3. The molecule has 0 unspecified atom stereocenters. The minimum Gasteiger partial charge on any atom is -0.480 e. The zero-order valence-corrected chi connectivity index (χ0v) is 16.8. The van der Waals surface area contributed by atoms with Crippen molar-refractivity contribution in [2.75, 3.05) is 26.2 Å². The van der Waals surface area contributed by atoms with E-state index in [1.54, 1.807) is 0 Å². The van der Waals surface area contributed by atoms with Gasteiger partial charge in [-0.25, -0.2) is 0 Å². The SMILES string of the molecule is CCCCCCCCCCCCCCCCNCCCNCC(=O)O. The highest BCUT2D eigenvalue weighted by Crippen LogP contribution is 2.12. The summed E-state index contributed by atoms with van der Waals surface area (Å²) in [6, 6.07) is 0. The van der Waals surface area contributed by atoms with Crippen molar-refractivity contribution in [2.24, 2.45) is 0 Å². The first-order valence-electron chi connectivity index (χ1n) is 10.9. The summed E-state index contributed by atoms with van der Waals surface area (Å²) in [5.74, 6) is -0.782. The normalized spacial score (nSPS) is 11.1. The Labute approximate surface area is 156 Å². The van der Waals surface area contributed by atoms with Gasteiger partial charge < -0.3 is 15.7 Å². The fourth-order valence-corrected chi connectivity index (χ4v) is 3.10. The van der Waals surface area contributed by atoms with E-state index in [-0.39, 0.29) is 6.54 Å². The summed E-state index contributed by atoms with van der Waals surface area (Å²) in [4.78, 5) is 10.3. The molecule has 0 aliphatic rings. The first-order valence-corrected chi connectivity index (χ1v) is 10.9. The van der Waals surface area contributed by atoms with Gasteiger partial charge in [0.15, 0.2) is 0 Å². The number of carboxylic acids is 1. The Morgan fingerprint density at radius 1 is 0.600 bits per heavy atom. The van der Waals surface area contributed by atoms with Crippen molar-refractivity contribution in [1.82, 2.24) is 10.6 Å². The Kier molecular flexibility index (Phi) is 20.9. The molecular weight excluding hydrogens is 312 g/mol. The van der Waals surface area contributed by atoms with Crippen molar-refractivity contribution in [2.45, 2.75) is 103 Å². The second-order valence-corrected chi connectivity index (χ2v) is 7.27. The van der Waals surface area contributed by atoms with Crippen molar-refractivity contribution in [3.63, 3.8) is 0 Å². The highest BCUT2D eigenvalue weighted by molar-refractivity contribution is 5.68. The van der Waals surface area contributed by atoms with Crippen molar-refractivity contribution >= 4 is 5.97 Å². The third-order valence-electron chi connectivity index (χ3n) is 4.69. The number of carbonyl (C=O) groups is 1. The van der Waals surface area contributed by atoms with Gasteiger partial charge in [0.25, 0.3) is 0 Å². The number of nitrogens with one attached hydrogen (secondary N) is 2. The van der Waals surface area contributed by atoms with Crippen molar-refractivity contribution in [3.8, 4) is 0 Å². The highest BCUT2D eigenvalue weighted by atomic mass is 16.4. The zero-order valence-electron chi connectivity index (χ0n) is 16.8. The lowest BCUT2D eigenvalue weighted by atomic mass is 10.0. The van der Waals surface area contributed by atoms with E-state index in [4.69, 9.17) is 5.11 Å². The van der Waals surface area contributed by atoms with Gasteiger partial charge in [-0.2, -0.15) is 0 Å². The van der Waals surface area contributed by atoms with Gasteiger partial charge in [0.1, 0.15) is 0 Å². The molecule has 0 aliphatic carbocycles. The smallest absolute Gasteiger partial charge is 0.317 e. The predicted molar refractivity (Wildman–Crippen MR) is 108 cm³/mol. The molecule has 0 atom stereocenters. The molecule has 0 bridgehead atoms. The predicted octanol–water partition coefficient (Wildman–Crippen LogP) is 5.12. The molecule has 0 spiro atoms. The fraction of sp³-hybridized carbons (Fsp3) is 0.952. The van der Waals surface area contributed by atoms with Gasteiger partial charge in [-0.15, -0.1) is 0 Å². The molecule has 25 heavy (non-hydrogen) atoms. The number of hydrogen-bond donors (Lipinski definition) is 3. The maximum Gasteiger partial charge on any atom is 0.317 e. The van der Waals surface area contributed by atoms with Gasteiger partial charge in [0.2, 0.25) is 0 Å². The third-order valence-corrected chi connectivity index (χ3v) is 4.69. The number of carboxylic acid groups (broad SMARTS) is 1. The van der Waals surface area contributed by atoms with Crippen LogP contribution in [0.2, 0.25) is 0 Å². The third kappa shape index (κ3) is 23.4. The van der Waals surface area contributed by atoms with Crippen LogP contribution in [0, 0.1) is 0 Å². The maximum atomic E-state index is 10.3. The lowest BCUT2D eigenvalue weighted by molar-refractivity contribution is -0.135. The minimum atomic E-state index is -0.782. The van der Waals surface area contributed by atoms with Crippen LogP contribution in [0.5, 0.6) is 0 Å². The van der Waals surface area contributed by atoms with E-state index >= 15 is 0 Å². The van der Waals surface area contributed by atoms with Crippen LogP contribution in [0.4, 0.5) is 0 Å². The van der Waals surface area contributed by atoms with Gasteiger partial charge in [0, 0.05) is 0 Å². The Balaban J connectivity index is 2.97. The van der Waals surface area contributed by atoms with Crippen LogP contribution in [0.1, 0.15) is 103 Å². The number of unbranched alkanes of at least 4 members (excludes halogenated alkanes) is 13. The summed E-state index contributed by atoms with van der Waals surface area (Å²) >= 11 is 0. The topological polar surface area (TPSA) is 61.4 Å². The second kappa shape index (κ2) is 21.4. The number of hydrogen-bond acceptors (Lipinski definition) is 3. The number of aliphatic carboxylic acids is 1. The standard InChI is InChI=1S/C21H44N2O2/c1-2-3-4-5-6-7-8-9-10-11-12-13-14-15-17-22-18-16-19-23-20-21(24)25/h22-23H,2-20H2,1H3,(H,24,25). The molecule has 0 rings (SSSR count). The molecule has 0 aromatic rings. The van der Waals surface area contributed by atoms with Crippen LogP contribution in [-0.2, 0) is 4.79 Å². The largest absolute Gasteiger partial charge is 0.480 e. The molecule has 3 N–H and O–H groups in total. The average molecular weight is 357 g/mol. The molecule has 0 radical (unpaired) electrons. The van der Waals surface area contributed by atoms with E-state index in [9.17, 15) is 4.79 Å². The van der Waals surface area contributed by atoms with E-state index in [0.717, 1.165) is 26.1 Å². The highest BCUT2D eigenvalue weighted by Gasteiger charge is 1.95. The molecule has 0 saturated heterocycles. The first-order chi connectivity index (χ1) is 12.3. The van der Waals surface area contributed by atoms with Crippen molar-refractivity contribution < 1.29 is 9.90 Å². The van der Waals surface area contributed by atoms with Gasteiger partial charge >= 0.3 is 5.97 Å². The van der Waals surface area contributed by atoms with Crippen LogP contribution in [-0.4, -0.2) is 37.3 Å². The van der Waals surface area contributed by atoms with Gasteiger partial charge in [-0.3, -0.25) is 4.79 Å². The van der Waals surface area contributed by atoms with Crippen LogP contribution in [0.15, 0.2) is 0 Å². The van der Waals surface area contributed by atoms with Crippen LogP contribution in [0.25, 0.3) is 0 Å². The summed E-state index contributed by atoms with van der Waals surface area (Å²) in [6.07, 6.45) is 20.6. The minimum absolute atomic E-state index is 0.0684. The molecule has 0 heterocycles. The monoisotopic (exact) mass is 356 g/mol. The molecule has 4 nitrogen and oxygen atoms in total. The van der Waals surface area contributed by atoms with E-state index in [1.807, 2.05) is 0 Å². The van der Waals surface area contributed by atoms with Crippen LogP contribution < -0.4 is 10.6 Å². The van der Waals surface area contributed by atoms with E-state index in [2.05, 4.69) is 17.6 Å². The summed E-state index contributed by atoms with van der Waals surface area (Å²) < 4.78 is 0. The Bertz CT molecular complexity index is 273. The second-order valence-electron chi connectivity index (χ2n) is 7.27. The number of rotatable bonds is 21. The molecule has 0 amide bonds. The molecular formula is C21H44N2O2. The Hall–Kier alpha value is -0.610. The summed E-state index contributed by atoms with van der Waals surface area (Å²) in [6.45, 7) is 5.20. The summed E-state index contributed by atoms with van der Waals surface area (Å²) in [5, 5.41) is 14.8. The van der Waals surface area contributed by atoms with Gasteiger partial charge in [0.05, 0.1) is 6.54 Å². The summed E-state index contributed by atoms with van der Waals surface area (Å²) in [7, 11) is 0. The van der Waals surface area contributed by atoms with Crippen molar-refractivity contribution in [3.05, 3.63) is 0 Å². The van der Waals surface area contributed by atoms with E-state index in [0.29, 0.717) is 0 Å². The van der Waals surface area contributed by atoms with Crippen LogP contribution >= 0.6 is 0 Å². The van der Waals surface area contributed by atoms with E-state index in [1.165, 1.54) is 89.9 Å². The average Bonchev–Trinajstić information content (AvgIpc) is 2.60. The van der Waals surface area contributed by atoms with Crippen molar-refractivity contribution in [1.29, 1.82) is 0 Å². The lowest BCUT2D eigenvalue weighted by Gasteiger charge is -2.05. The van der Waals surface area contributed by atoms with Gasteiger partial charge in [-0.05, 0) is 32.5 Å². The molecule has 150 valence electrons. The first kappa shape index (κ1) is 24.4. The molecule has 0 fully saturated rings. The van der Waals surface area contributed by atoms with Crippen LogP contribution in [0.3, 0.4) is 0 Å². The van der Waals surface area contributed by atoms with Gasteiger partial charge in [-0.1, -0.05) is 90.4 Å². The van der Waals surface area contributed by atoms with E-state index < -0.39 is 5.97 Å². The molecule has 0 aliphatic heterocycles. The Morgan fingerprint density at radius 2 is 1.00 bits per heavy atom. The molecule has 0 aromatic heterocycles. The quantitative estimate of drug-likeness (QED) is 0.250. The zero-order chi connectivity index (χ0) is 18.4. The fourth-order valence-electron chi connectivity index (χ4n) is 3.10. The summed E-state index contributed by atoms with van der Waals surface area (Å²) in [5.41, 5.74) is 0. The molecule has 4 heteroatoms. The molecule has 0 aromatic carbocycles.